The number of hydrogen-bond acceptors (Lipinski definition) is 5. The molecule has 1 atom stereocenters. The minimum Gasteiger partial charge on any atom is -0.361 e. The molecule has 0 N–H and O–H groups in total. The summed E-state index contributed by atoms with van der Waals surface area (Å²) in [5.74, 6) is 0.866. The van der Waals surface area contributed by atoms with Gasteiger partial charge in [0.1, 0.15) is 5.76 Å². The van der Waals surface area contributed by atoms with Gasteiger partial charge in [-0.3, -0.25) is 9.69 Å². The highest BCUT2D eigenvalue weighted by Gasteiger charge is 2.26. The molecule has 6 nitrogen and oxygen atoms in total. The van der Waals surface area contributed by atoms with Crippen LogP contribution in [0.5, 0.6) is 0 Å². The predicted molar refractivity (Wildman–Crippen MR) is 73.2 cm³/mol. The maximum atomic E-state index is 11.7. The molecule has 3 rings (SSSR count). The molecule has 1 aliphatic heterocycles. The fourth-order valence-corrected chi connectivity index (χ4v) is 2.72. The molecule has 0 radical (unpaired) electrons. The van der Waals surface area contributed by atoms with Gasteiger partial charge in [-0.1, -0.05) is 5.16 Å². The second-order valence-corrected chi connectivity index (χ2v) is 5.22. The van der Waals surface area contributed by atoms with Crippen LogP contribution in [0.4, 0.5) is 0 Å². The minimum atomic E-state index is -0.0412. The molecule has 0 amide bonds. The number of likely N-dealkylation sites (tertiary alicyclic amines) is 1. The molecule has 0 spiro atoms. The number of aromatic nitrogens is 3. The molecule has 0 aliphatic carbocycles. The van der Waals surface area contributed by atoms with E-state index in [1.807, 2.05) is 6.92 Å². The highest BCUT2D eigenvalue weighted by molar-refractivity contribution is 5.11. The van der Waals surface area contributed by atoms with Gasteiger partial charge in [-0.15, -0.1) is 0 Å². The second kappa shape index (κ2) is 5.58. The van der Waals surface area contributed by atoms with Crippen LogP contribution >= 0.6 is 0 Å². The van der Waals surface area contributed by atoms with Crippen molar-refractivity contribution in [3.8, 4) is 0 Å². The van der Waals surface area contributed by atoms with E-state index in [9.17, 15) is 4.79 Å². The van der Waals surface area contributed by atoms with Crippen molar-refractivity contribution >= 4 is 0 Å². The number of rotatable bonds is 4. The Balaban J connectivity index is 1.71. The number of nitrogens with zero attached hydrogens (tertiary/aromatic N) is 4. The fraction of sp³-hybridized carbons (Fsp3) is 0.500. The minimum absolute atomic E-state index is 0.0412. The lowest BCUT2D eigenvalue weighted by Crippen LogP contribution is -2.36. The summed E-state index contributed by atoms with van der Waals surface area (Å²) < 4.78 is 6.65. The smallest absolute Gasteiger partial charge is 0.266 e. The summed E-state index contributed by atoms with van der Waals surface area (Å²) in [6.45, 7) is 4.43. The average Bonchev–Trinajstić information content (AvgIpc) is 3.04. The van der Waals surface area contributed by atoms with Crippen molar-refractivity contribution < 1.29 is 4.52 Å². The van der Waals surface area contributed by atoms with Crippen LogP contribution in [-0.4, -0.2) is 32.4 Å². The standard InChI is InChI=1S/C14H18N4O2/c1-11-12(8-16-20-11)9-17-7-3-4-13(17)10-18-14(19)5-2-6-15-18/h2,5-6,8,13H,3-4,7,9-10H2,1H3. The molecule has 2 aromatic heterocycles. The van der Waals surface area contributed by atoms with Crippen LogP contribution in [0, 0.1) is 6.92 Å². The van der Waals surface area contributed by atoms with Gasteiger partial charge in [-0.2, -0.15) is 5.10 Å². The van der Waals surface area contributed by atoms with Crippen molar-refractivity contribution in [3.05, 3.63) is 46.2 Å². The monoisotopic (exact) mass is 274 g/mol. The average molecular weight is 274 g/mol. The van der Waals surface area contributed by atoms with Crippen molar-refractivity contribution in [3.63, 3.8) is 0 Å². The Morgan fingerprint density at radius 2 is 2.40 bits per heavy atom. The molecule has 6 heteroatoms. The van der Waals surface area contributed by atoms with Crippen LogP contribution in [0.3, 0.4) is 0 Å². The Bertz CT molecular complexity index is 634. The van der Waals surface area contributed by atoms with Gasteiger partial charge in [0.15, 0.2) is 0 Å². The van der Waals surface area contributed by atoms with E-state index in [1.165, 1.54) is 0 Å². The highest BCUT2D eigenvalue weighted by atomic mass is 16.5. The Labute approximate surface area is 117 Å². The topological polar surface area (TPSA) is 64.2 Å². The lowest BCUT2D eigenvalue weighted by molar-refractivity contribution is 0.215. The van der Waals surface area contributed by atoms with E-state index < -0.39 is 0 Å². The summed E-state index contributed by atoms with van der Waals surface area (Å²) in [6.07, 6.45) is 5.67. The molecule has 1 saturated heterocycles. The van der Waals surface area contributed by atoms with Gasteiger partial charge in [-0.05, 0) is 32.4 Å². The van der Waals surface area contributed by atoms with Crippen molar-refractivity contribution in [1.82, 2.24) is 19.8 Å². The molecule has 106 valence electrons. The zero-order valence-corrected chi connectivity index (χ0v) is 11.5. The molecule has 20 heavy (non-hydrogen) atoms. The molecule has 0 saturated carbocycles. The van der Waals surface area contributed by atoms with Gasteiger partial charge in [0.05, 0.1) is 12.7 Å². The Morgan fingerprint density at radius 3 is 3.15 bits per heavy atom. The molecule has 2 aromatic rings. The van der Waals surface area contributed by atoms with E-state index in [4.69, 9.17) is 4.52 Å². The molecule has 3 heterocycles. The third-order valence-corrected chi connectivity index (χ3v) is 3.89. The first kappa shape index (κ1) is 13.1. The van der Waals surface area contributed by atoms with E-state index in [2.05, 4.69) is 15.2 Å². The summed E-state index contributed by atoms with van der Waals surface area (Å²) in [6, 6.07) is 3.57. The van der Waals surface area contributed by atoms with Gasteiger partial charge in [0.2, 0.25) is 0 Å². The Morgan fingerprint density at radius 1 is 1.50 bits per heavy atom. The van der Waals surface area contributed by atoms with E-state index >= 15 is 0 Å². The summed E-state index contributed by atoms with van der Waals surface area (Å²) in [5.41, 5.74) is 1.07. The van der Waals surface area contributed by atoms with Crippen molar-refractivity contribution in [2.24, 2.45) is 0 Å². The SMILES string of the molecule is Cc1oncc1CN1CCCC1Cn1ncccc1=O. The predicted octanol–water partition coefficient (Wildman–Crippen LogP) is 1.20. The maximum absolute atomic E-state index is 11.7. The zero-order valence-electron chi connectivity index (χ0n) is 11.5. The van der Waals surface area contributed by atoms with Gasteiger partial charge < -0.3 is 4.52 Å². The van der Waals surface area contributed by atoms with Gasteiger partial charge in [0, 0.05) is 30.4 Å². The van der Waals surface area contributed by atoms with Crippen molar-refractivity contribution in [2.75, 3.05) is 6.54 Å². The highest BCUT2D eigenvalue weighted by Crippen LogP contribution is 2.22. The van der Waals surface area contributed by atoms with Crippen LogP contribution in [0.1, 0.15) is 24.2 Å². The Kier molecular flexibility index (Phi) is 3.64. The van der Waals surface area contributed by atoms with Gasteiger partial charge >= 0.3 is 0 Å². The Hall–Kier alpha value is -1.95. The molecule has 1 aliphatic rings. The molecular weight excluding hydrogens is 256 g/mol. The van der Waals surface area contributed by atoms with Crippen LogP contribution in [0.2, 0.25) is 0 Å². The second-order valence-electron chi connectivity index (χ2n) is 5.22. The molecule has 1 unspecified atom stereocenters. The van der Waals surface area contributed by atoms with E-state index in [0.717, 1.165) is 37.3 Å². The van der Waals surface area contributed by atoms with Crippen LogP contribution in [0.25, 0.3) is 0 Å². The normalized spacial score (nSPS) is 19.6. The first-order valence-corrected chi connectivity index (χ1v) is 6.90. The maximum Gasteiger partial charge on any atom is 0.266 e. The van der Waals surface area contributed by atoms with E-state index in [-0.39, 0.29) is 5.56 Å². The van der Waals surface area contributed by atoms with Gasteiger partial charge in [-0.25, -0.2) is 4.68 Å². The molecule has 1 fully saturated rings. The van der Waals surface area contributed by atoms with Crippen LogP contribution in [0.15, 0.2) is 33.8 Å². The lowest BCUT2D eigenvalue weighted by atomic mass is 10.2. The largest absolute Gasteiger partial charge is 0.361 e. The first-order chi connectivity index (χ1) is 9.74. The first-order valence-electron chi connectivity index (χ1n) is 6.90. The lowest BCUT2D eigenvalue weighted by Gasteiger charge is -2.24. The van der Waals surface area contributed by atoms with Crippen LogP contribution < -0.4 is 5.56 Å². The van der Waals surface area contributed by atoms with Crippen molar-refractivity contribution in [2.45, 2.75) is 38.9 Å². The van der Waals surface area contributed by atoms with Crippen LogP contribution in [-0.2, 0) is 13.1 Å². The molecule has 0 bridgehead atoms. The summed E-state index contributed by atoms with van der Waals surface area (Å²) in [5, 5.41) is 7.96. The van der Waals surface area contributed by atoms with Gasteiger partial charge in [0.25, 0.3) is 5.56 Å². The fourth-order valence-electron chi connectivity index (χ4n) is 2.72. The summed E-state index contributed by atoms with van der Waals surface area (Å²) >= 11 is 0. The molecular formula is C14H18N4O2. The van der Waals surface area contributed by atoms with E-state index in [0.29, 0.717) is 12.6 Å². The molecule has 0 aromatic carbocycles. The van der Waals surface area contributed by atoms with E-state index in [1.54, 1.807) is 29.2 Å². The zero-order chi connectivity index (χ0) is 13.9. The summed E-state index contributed by atoms with van der Waals surface area (Å²) in [4.78, 5) is 14.1. The summed E-state index contributed by atoms with van der Waals surface area (Å²) in [7, 11) is 0. The third kappa shape index (κ3) is 2.65. The number of aryl methyl sites for hydroxylation is 1. The third-order valence-electron chi connectivity index (χ3n) is 3.89. The quantitative estimate of drug-likeness (QED) is 0.838. The van der Waals surface area contributed by atoms with Crippen molar-refractivity contribution in [1.29, 1.82) is 0 Å². The number of hydrogen-bond donors (Lipinski definition) is 0.